The molecule has 3 rings (SSSR count). The Balaban J connectivity index is 2.61. The summed E-state index contributed by atoms with van der Waals surface area (Å²) in [6.07, 6.45) is 1.85. The van der Waals surface area contributed by atoms with Crippen LogP contribution in [0.15, 0.2) is 45.3 Å². The van der Waals surface area contributed by atoms with Gasteiger partial charge >= 0.3 is 117 Å². The number of nitrogens with zero attached hydrogens (tertiary/aromatic N) is 1. The molecule has 0 unspecified atom stereocenters. The first-order valence-corrected chi connectivity index (χ1v) is 6.80. The van der Waals surface area contributed by atoms with Crippen molar-refractivity contribution in [3.8, 4) is 0 Å². The summed E-state index contributed by atoms with van der Waals surface area (Å²) in [6, 6.07) is 12.6. The van der Waals surface area contributed by atoms with Gasteiger partial charge in [0.2, 0.25) is 0 Å². The van der Waals surface area contributed by atoms with Crippen LogP contribution >= 0.6 is 31.9 Å². The van der Waals surface area contributed by atoms with Crippen LogP contribution < -0.4 is 0 Å². The van der Waals surface area contributed by atoms with Gasteiger partial charge in [-0.05, 0) is 0 Å². The van der Waals surface area contributed by atoms with E-state index < -0.39 is 0 Å². The summed E-state index contributed by atoms with van der Waals surface area (Å²) in [5.41, 5.74) is 2.34. The second-order valence-corrected chi connectivity index (χ2v) is 5.71. The van der Waals surface area contributed by atoms with Crippen molar-refractivity contribution in [2.24, 2.45) is 0 Å². The van der Waals surface area contributed by atoms with Crippen LogP contribution in [0.25, 0.3) is 21.8 Å². The van der Waals surface area contributed by atoms with Crippen LogP contribution in [0.5, 0.6) is 0 Å². The van der Waals surface area contributed by atoms with Gasteiger partial charge < -0.3 is 0 Å². The van der Waals surface area contributed by atoms with Gasteiger partial charge in [0.1, 0.15) is 0 Å². The Morgan fingerprint density at radius 1 is 0.882 bits per heavy atom. The summed E-state index contributed by atoms with van der Waals surface area (Å²) < 4.78 is 4.27. The van der Waals surface area contributed by atoms with Crippen LogP contribution in [0.4, 0.5) is 0 Å². The maximum atomic E-state index is 3.90. The van der Waals surface area contributed by atoms with Crippen LogP contribution in [-0.2, 0) is 0 Å². The van der Waals surface area contributed by atoms with Crippen molar-refractivity contribution in [3.05, 3.63) is 45.3 Å². The van der Waals surface area contributed by atoms with Crippen molar-refractivity contribution >= 4 is 67.2 Å². The van der Waals surface area contributed by atoms with E-state index in [9.17, 15) is 0 Å². The first kappa shape index (κ1) is 11.2. The van der Waals surface area contributed by atoms with Gasteiger partial charge in [-0.2, -0.15) is 0 Å². The zero-order valence-electron chi connectivity index (χ0n) is 8.95. The van der Waals surface area contributed by atoms with E-state index in [-0.39, 0.29) is 0 Å². The molecule has 3 aromatic rings. The number of halogens is 2. The maximum absolute atomic E-state index is 3.90. The van der Waals surface area contributed by atoms with E-state index >= 15 is 0 Å². The first-order chi connectivity index (χ1) is 8.20. The molecule has 0 saturated heterocycles. The molecule has 0 aliphatic carbocycles. The fraction of sp³-hybridized carbons (Fsp3) is 0. The predicted molar refractivity (Wildman–Crippen MR) is 83.5 cm³/mol. The zero-order chi connectivity index (χ0) is 12.0. The van der Waals surface area contributed by atoms with Crippen molar-refractivity contribution < 1.29 is 0 Å². The topological polar surface area (TPSA) is 4.93 Å². The van der Waals surface area contributed by atoms with Gasteiger partial charge in [0, 0.05) is 0 Å². The van der Waals surface area contributed by atoms with Gasteiger partial charge in [-0.25, -0.2) is 0 Å². The number of hydrogen-bond donors (Lipinski definition) is 0. The van der Waals surface area contributed by atoms with Crippen LogP contribution in [0, 0.1) is 0 Å². The van der Waals surface area contributed by atoms with Crippen LogP contribution in [-0.4, -0.2) is 18.1 Å². The van der Waals surface area contributed by atoms with Crippen molar-refractivity contribution in [2.45, 2.75) is 0 Å². The Hall–Kier alpha value is -0.865. The minimum atomic E-state index is 1.08. The van der Waals surface area contributed by atoms with E-state index in [2.05, 4.69) is 80.3 Å². The molecule has 0 N–H and O–H groups in total. The molecular formula is C13H8BBr2N. The first-order valence-electron chi connectivity index (χ1n) is 5.22. The quantitative estimate of drug-likeness (QED) is 0.589. The Labute approximate surface area is 117 Å². The van der Waals surface area contributed by atoms with E-state index in [4.69, 9.17) is 0 Å². The Kier molecular flexibility index (Phi) is 2.71. The number of rotatable bonds is 1. The van der Waals surface area contributed by atoms with Gasteiger partial charge in [0.15, 0.2) is 0 Å². The molecular weight excluding hydrogens is 341 g/mol. The standard InChI is InChI=1S/C13H8BBr2N/c14-7-17-12-5-8(15)1-3-10(12)11-4-2-9(16)6-13(11)17/h1-7,14H. The molecule has 2 aromatic carbocycles. The van der Waals surface area contributed by atoms with Gasteiger partial charge in [0.05, 0.1) is 0 Å². The molecule has 1 aromatic heterocycles. The molecule has 82 valence electrons. The van der Waals surface area contributed by atoms with Gasteiger partial charge in [-0.15, -0.1) is 0 Å². The predicted octanol–water partition coefficient (Wildman–Crippen LogP) is 3.83. The van der Waals surface area contributed by atoms with E-state index in [0.717, 1.165) is 8.95 Å². The summed E-state index contributed by atoms with van der Waals surface area (Å²) in [7, 11) is 3.90. The molecule has 0 aliphatic heterocycles. The van der Waals surface area contributed by atoms with E-state index in [1.807, 2.05) is 6.09 Å². The summed E-state index contributed by atoms with van der Waals surface area (Å²) in [4.78, 5) is 0. The third kappa shape index (κ3) is 1.70. The summed E-state index contributed by atoms with van der Waals surface area (Å²) in [5.74, 6) is 0. The SMILES string of the molecule is B=Cn1c2cc(Br)ccc2c2ccc(Br)cc21. The molecule has 0 radical (unpaired) electrons. The van der Waals surface area contributed by atoms with Crippen molar-refractivity contribution in [3.63, 3.8) is 0 Å². The number of fused-ring (bicyclic) bond motifs is 3. The molecule has 0 atom stereocenters. The van der Waals surface area contributed by atoms with Crippen molar-refractivity contribution in [1.82, 2.24) is 4.57 Å². The van der Waals surface area contributed by atoms with Crippen LogP contribution in [0.1, 0.15) is 0 Å². The Morgan fingerprint density at radius 2 is 1.35 bits per heavy atom. The average molecular weight is 349 g/mol. The van der Waals surface area contributed by atoms with Gasteiger partial charge in [-0.1, -0.05) is 0 Å². The Bertz CT molecular complexity index is 687. The summed E-state index contributed by atoms with van der Waals surface area (Å²) >= 11 is 7.02. The molecule has 1 heterocycles. The molecule has 0 amide bonds. The van der Waals surface area contributed by atoms with Crippen LogP contribution in [0.2, 0.25) is 0 Å². The number of benzene rings is 2. The van der Waals surface area contributed by atoms with E-state index in [1.54, 1.807) is 0 Å². The molecule has 17 heavy (non-hydrogen) atoms. The fourth-order valence-electron chi connectivity index (χ4n) is 2.19. The molecule has 0 fully saturated rings. The molecule has 0 aliphatic rings. The second kappa shape index (κ2) is 4.11. The monoisotopic (exact) mass is 347 g/mol. The summed E-state index contributed by atoms with van der Waals surface area (Å²) in [5, 5.41) is 2.49. The van der Waals surface area contributed by atoms with Gasteiger partial charge in [0.25, 0.3) is 0 Å². The third-order valence-corrected chi connectivity index (χ3v) is 3.90. The van der Waals surface area contributed by atoms with E-state index in [1.165, 1.54) is 21.8 Å². The Morgan fingerprint density at radius 3 is 1.76 bits per heavy atom. The fourth-order valence-corrected chi connectivity index (χ4v) is 2.89. The molecule has 0 saturated carbocycles. The molecule has 0 bridgehead atoms. The molecule has 1 nitrogen and oxygen atoms in total. The van der Waals surface area contributed by atoms with E-state index in [0.29, 0.717) is 0 Å². The minimum absolute atomic E-state index is 1.08. The van der Waals surface area contributed by atoms with Crippen molar-refractivity contribution in [2.75, 3.05) is 0 Å². The second-order valence-electron chi connectivity index (χ2n) is 3.88. The average Bonchev–Trinajstić information content (AvgIpc) is 2.60. The van der Waals surface area contributed by atoms with Gasteiger partial charge in [-0.3, -0.25) is 0 Å². The molecule has 4 heteroatoms. The number of aromatic nitrogens is 1. The normalized spacial score (nSPS) is 11.1. The number of hydrogen-bond acceptors (Lipinski definition) is 0. The zero-order valence-corrected chi connectivity index (χ0v) is 12.1. The summed E-state index contributed by atoms with van der Waals surface area (Å²) in [6.45, 7) is 0. The molecule has 0 spiro atoms. The van der Waals surface area contributed by atoms with Crippen molar-refractivity contribution in [1.29, 1.82) is 0 Å². The third-order valence-electron chi connectivity index (χ3n) is 2.91. The van der Waals surface area contributed by atoms with Crippen LogP contribution in [0.3, 0.4) is 0 Å².